The molecule has 0 heterocycles. The molecule has 0 aliphatic rings. The molecule has 0 fully saturated rings. The number of ether oxygens (including phenoxy) is 2. The summed E-state index contributed by atoms with van der Waals surface area (Å²) in [5.74, 6) is 1.62. The van der Waals surface area contributed by atoms with Crippen LogP contribution in [0.25, 0.3) is 0 Å². The van der Waals surface area contributed by atoms with Gasteiger partial charge < -0.3 is 14.8 Å². The van der Waals surface area contributed by atoms with Gasteiger partial charge in [-0.3, -0.25) is 4.79 Å². The second-order valence-corrected chi connectivity index (χ2v) is 6.60. The third-order valence-electron chi connectivity index (χ3n) is 3.48. The van der Waals surface area contributed by atoms with Crippen molar-refractivity contribution < 1.29 is 18.7 Å². The summed E-state index contributed by atoms with van der Waals surface area (Å²) in [5, 5.41) is 2.90. The number of unbranched alkanes of at least 4 members (excludes halogenated alkanes) is 1. The van der Waals surface area contributed by atoms with Gasteiger partial charge in [-0.25, -0.2) is 4.39 Å². The zero-order chi connectivity index (χ0) is 18.6. The van der Waals surface area contributed by atoms with Gasteiger partial charge in [0.2, 0.25) is 5.91 Å². The van der Waals surface area contributed by atoms with E-state index in [1.54, 1.807) is 12.1 Å². The van der Waals surface area contributed by atoms with Crippen molar-refractivity contribution in [2.24, 2.45) is 0 Å². The van der Waals surface area contributed by atoms with Crippen molar-refractivity contribution in [3.05, 3.63) is 54.3 Å². The van der Waals surface area contributed by atoms with E-state index in [4.69, 9.17) is 9.47 Å². The SMILES string of the molecule is CCOc1ccc(SCC(=O)NCCCCOc2ccc(F)cc2)cc1. The van der Waals surface area contributed by atoms with Gasteiger partial charge in [0.1, 0.15) is 17.3 Å². The Bertz CT molecular complexity index is 662. The molecule has 0 spiro atoms. The molecule has 0 aliphatic heterocycles. The number of benzene rings is 2. The third-order valence-corrected chi connectivity index (χ3v) is 4.49. The Kier molecular flexibility index (Phi) is 8.83. The third kappa shape index (κ3) is 7.78. The van der Waals surface area contributed by atoms with E-state index in [2.05, 4.69) is 5.32 Å². The fourth-order valence-electron chi connectivity index (χ4n) is 2.17. The highest BCUT2D eigenvalue weighted by Gasteiger charge is 2.03. The fourth-order valence-corrected chi connectivity index (χ4v) is 2.90. The zero-order valence-electron chi connectivity index (χ0n) is 14.9. The summed E-state index contributed by atoms with van der Waals surface area (Å²) in [6, 6.07) is 13.7. The zero-order valence-corrected chi connectivity index (χ0v) is 15.7. The molecule has 0 atom stereocenters. The molecule has 0 aliphatic carbocycles. The van der Waals surface area contributed by atoms with Crippen LogP contribution >= 0.6 is 11.8 Å². The van der Waals surface area contributed by atoms with E-state index < -0.39 is 0 Å². The minimum atomic E-state index is -0.275. The number of hydrogen-bond donors (Lipinski definition) is 1. The molecule has 0 unspecified atom stereocenters. The summed E-state index contributed by atoms with van der Waals surface area (Å²) in [6.45, 7) is 3.75. The van der Waals surface area contributed by atoms with Gasteiger partial charge in [0.05, 0.1) is 19.0 Å². The van der Waals surface area contributed by atoms with Crippen LogP contribution in [0.5, 0.6) is 11.5 Å². The lowest BCUT2D eigenvalue weighted by molar-refractivity contribution is -0.118. The molecule has 0 aromatic heterocycles. The van der Waals surface area contributed by atoms with Gasteiger partial charge in [0.15, 0.2) is 0 Å². The molecular weight excluding hydrogens is 353 g/mol. The first-order chi connectivity index (χ1) is 12.7. The van der Waals surface area contributed by atoms with Crippen LogP contribution in [0.15, 0.2) is 53.4 Å². The Balaban J connectivity index is 1.52. The van der Waals surface area contributed by atoms with Gasteiger partial charge >= 0.3 is 0 Å². The Labute approximate surface area is 158 Å². The Morgan fingerprint density at radius 2 is 1.65 bits per heavy atom. The number of halogens is 1. The number of thioether (sulfide) groups is 1. The second-order valence-electron chi connectivity index (χ2n) is 5.55. The molecule has 0 bridgehead atoms. The first-order valence-electron chi connectivity index (χ1n) is 8.68. The highest BCUT2D eigenvalue weighted by Crippen LogP contribution is 2.21. The van der Waals surface area contributed by atoms with Crippen molar-refractivity contribution in [3.8, 4) is 11.5 Å². The van der Waals surface area contributed by atoms with Crippen molar-refractivity contribution in [1.29, 1.82) is 0 Å². The molecular formula is C20H24FNO3S. The van der Waals surface area contributed by atoms with Crippen LogP contribution in [0.2, 0.25) is 0 Å². The maximum absolute atomic E-state index is 12.8. The Morgan fingerprint density at radius 3 is 2.35 bits per heavy atom. The monoisotopic (exact) mass is 377 g/mol. The number of rotatable bonds is 11. The molecule has 26 heavy (non-hydrogen) atoms. The molecule has 2 rings (SSSR count). The summed E-state index contributed by atoms with van der Waals surface area (Å²) < 4.78 is 23.7. The lowest BCUT2D eigenvalue weighted by Crippen LogP contribution is -2.26. The summed E-state index contributed by atoms with van der Waals surface area (Å²) >= 11 is 1.50. The van der Waals surface area contributed by atoms with Gasteiger partial charge in [0.25, 0.3) is 0 Å². The number of amides is 1. The maximum Gasteiger partial charge on any atom is 0.230 e. The molecule has 1 N–H and O–H groups in total. The van der Waals surface area contributed by atoms with Crippen LogP contribution in [0, 0.1) is 5.82 Å². The first-order valence-corrected chi connectivity index (χ1v) is 9.66. The highest BCUT2D eigenvalue weighted by atomic mass is 32.2. The number of hydrogen-bond acceptors (Lipinski definition) is 4. The largest absolute Gasteiger partial charge is 0.494 e. The van der Waals surface area contributed by atoms with Crippen LogP contribution in [-0.4, -0.2) is 31.4 Å². The summed E-state index contributed by atoms with van der Waals surface area (Å²) in [4.78, 5) is 12.9. The molecule has 1 amide bonds. The predicted octanol–water partition coefficient (Wildman–Crippen LogP) is 4.29. The van der Waals surface area contributed by atoms with Crippen molar-refractivity contribution in [2.45, 2.75) is 24.7 Å². The second kappa shape index (κ2) is 11.4. The van der Waals surface area contributed by atoms with Crippen LogP contribution in [-0.2, 0) is 4.79 Å². The van der Waals surface area contributed by atoms with Crippen molar-refractivity contribution in [3.63, 3.8) is 0 Å². The van der Waals surface area contributed by atoms with Gasteiger partial charge in [-0.1, -0.05) is 0 Å². The Hall–Kier alpha value is -2.21. The van der Waals surface area contributed by atoms with Gasteiger partial charge in [-0.05, 0) is 68.3 Å². The van der Waals surface area contributed by atoms with Gasteiger partial charge in [0, 0.05) is 11.4 Å². The maximum atomic E-state index is 12.8. The highest BCUT2D eigenvalue weighted by molar-refractivity contribution is 8.00. The van der Waals surface area contributed by atoms with Crippen molar-refractivity contribution >= 4 is 17.7 Å². The minimum absolute atomic E-state index is 0.0170. The molecule has 2 aromatic rings. The van der Waals surface area contributed by atoms with E-state index in [1.165, 1.54) is 23.9 Å². The summed E-state index contributed by atoms with van der Waals surface area (Å²) in [5.41, 5.74) is 0. The van der Waals surface area contributed by atoms with Gasteiger partial charge in [-0.15, -0.1) is 11.8 Å². The van der Waals surface area contributed by atoms with Gasteiger partial charge in [-0.2, -0.15) is 0 Å². The quantitative estimate of drug-likeness (QED) is 0.469. The predicted molar refractivity (Wildman–Crippen MR) is 102 cm³/mol. The summed E-state index contributed by atoms with van der Waals surface area (Å²) in [7, 11) is 0. The molecule has 6 heteroatoms. The van der Waals surface area contributed by atoms with E-state index in [0.717, 1.165) is 23.5 Å². The Morgan fingerprint density at radius 1 is 1.00 bits per heavy atom. The number of carbonyl (C=O) groups is 1. The molecule has 0 radical (unpaired) electrons. The van der Waals surface area contributed by atoms with E-state index in [9.17, 15) is 9.18 Å². The average Bonchev–Trinajstić information content (AvgIpc) is 2.65. The van der Waals surface area contributed by atoms with Crippen molar-refractivity contribution in [1.82, 2.24) is 5.32 Å². The van der Waals surface area contributed by atoms with Crippen LogP contribution in [0.3, 0.4) is 0 Å². The fraction of sp³-hybridized carbons (Fsp3) is 0.350. The lowest BCUT2D eigenvalue weighted by Gasteiger charge is -2.08. The molecule has 140 valence electrons. The van der Waals surface area contributed by atoms with E-state index in [0.29, 0.717) is 31.3 Å². The lowest BCUT2D eigenvalue weighted by atomic mass is 10.3. The van der Waals surface area contributed by atoms with Crippen LogP contribution in [0.1, 0.15) is 19.8 Å². The number of carbonyl (C=O) groups excluding carboxylic acids is 1. The smallest absolute Gasteiger partial charge is 0.230 e. The standard InChI is InChI=1S/C20H24FNO3S/c1-2-24-17-9-11-19(12-10-17)26-15-20(23)22-13-3-4-14-25-18-7-5-16(21)6-8-18/h5-12H,2-4,13-15H2,1H3,(H,22,23). The molecule has 4 nitrogen and oxygen atoms in total. The summed E-state index contributed by atoms with van der Waals surface area (Å²) in [6.07, 6.45) is 1.66. The first kappa shape index (κ1) is 20.1. The van der Waals surface area contributed by atoms with Crippen molar-refractivity contribution in [2.75, 3.05) is 25.5 Å². The van der Waals surface area contributed by atoms with E-state index in [1.807, 2.05) is 31.2 Å². The molecule has 0 saturated carbocycles. The van der Waals surface area contributed by atoms with E-state index >= 15 is 0 Å². The topological polar surface area (TPSA) is 47.6 Å². The minimum Gasteiger partial charge on any atom is -0.494 e. The van der Waals surface area contributed by atoms with E-state index in [-0.39, 0.29) is 11.7 Å². The van der Waals surface area contributed by atoms with Crippen LogP contribution < -0.4 is 14.8 Å². The number of nitrogens with one attached hydrogen (secondary N) is 1. The average molecular weight is 377 g/mol. The molecule has 0 saturated heterocycles. The normalized spacial score (nSPS) is 10.4. The van der Waals surface area contributed by atoms with Crippen LogP contribution in [0.4, 0.5) is 4.39 Å². The molecule has 2 aromatic carbocycles.